The largest absolute Gasteiger partial charge is 0.494 e. The van der Waals surface area contributed by atoms with Crippen LogP contribution in [0.5, 0.6) is 11.5 Å². The molecule has 2 N–H and O–H groups in total. The molecule has 0 aliphatic rings. The van der Waals surface area contributed by atoms with E-state index in [1.54, 1.807) is 0 Å². The number of unbranched alkanes of at least 4 members (excludes halogenated alkanes) is 1. The predicted molar refractivity (Wildman–Crippen MR) is 78.8 cm³/mol. The van der Waals surface area contributed by atoms with Gasteiger partial charge in [-0.25, -0.2) is 0 Å². The van der Waals surface area contributed by atoms with Gasteiger partial charge in [0.25, 0.3) is 0 Å². The average Bonchev–Trinajstić information content (AvgIpc) is 2.40. The van der Waals surface area contributed by atoms with Crippen molar-refractivity contribution in [2.24, 2.45) is 5.73 Å². The van der Waals surface area contributed by atoms with Crippen LogP contribution in [0.15, 0.2) is 24.3 Å². The van der Waals surface area contributed by atoms with Gasteiger partial charge in [-0.1, -0.05) is 0 Å². The maximum Gasteiger partial charge on any atom is 0.119 e. The first-order chi connectivity index (χ1) is 8.76. The number of benzene rings is 1. The van der Waals surface area contributed by atoms with Crippen molar-refractivity contribution >= 4 is 12.6 Å². The van der Waals surface area contributed by atoms with E-state index in [9.17, 15) is 0 Å². The Morgan fingerprint density at radius 3 is 2.28 bits per heavy atom. The van der Waals surface area contributed by atoms with Crippen molar-refractivity contribution in [2.45, 2.75) is 32.2 Å². The standard InChI is InChI=1S/C14H23NO2S/c1-2-16-13-6-8-14(9-7-13)17-10-4-3-5-12(15)11-18/h6-9,12,18H,2-5,10-11,15H2,1H3. The fourth-order valence-electron chi connectivity index (χ4n) is 1.59. The Hall–Kier alpha value is -0.870. The van der Waals surface area contributed by atoms with E-state index in [2.05, 4.69) is 12.6 Å². The van der Waals surface area contributed by atoms with Crippen molar-refractivity contribution in [1.29, 1.82) is 0 Å². The second-order valence-electron chi connectivity index (χ2n) is 4.19. The highest BCUT2D eigenvalue weighted by Gasteiger charge is 1.99. The SMILES string of the molecule is CCOc1ccc(OCCCCC(N)CS)cc1. The van der Waals surface area contributed by atoms with Gasteiger partial charge < -0.3 is 15.2 Å². The van der Waals surface area contributed by atoms with Crippen LogP contribution in [0.25, 0.3) is 0 Å². The molecule has 0 saturated heterocycles. The molecule has 0 saturated carbocycles. The summed E-state index contributed by atoms with van der Waals surface area (Å²) in [5, 5.41) is 0. The highest BCUT2D eigenvalue weighted by atomic mass is 32.1. The fourth-order valence-corrected chi connectivity index (χ4v) is 1.77. The van der Waals surface area contributed by atoms with Gasteiger partial charge in [-0.05, 0) is 50.5 Å². The van der Waals surface area contributed by atoms with Crippen LogP contribution in [0.3, 0.4) is 0 Å². The summed E-state index contributed by atoms with van der Waals surface area (Å²) in [6, 6.07) is 7.93. The maximum absolute atomic E-state index is 5.78. The summed E-state index contributed by atoms with van der Waals surface area (Å²) in [5.74, 6) is 2.52. The van der Waals surface area contributed by atoms with Crippen LogP contribution < -0.4 is 15.2 Å². The molecule has 0 heterocycles. The number of nitrogens with two attached hydrogens (primary N) is 1. The van der Waals surface area contributed by atoms with Crippen molar-refractivity contribution in [3.8, 4) is 11.5 Å². The van der Waals surface area contributed by atoms with Crippen molar-refractivity contribution in [3.63, 3.8) is 0 Å². The van der Waals surface area contributed by atoms with Gasteiger partial charge in [0.05, 0.1) is 13.2 Å². The second-order valence-corrected chi connectivity index (χ2v) is 4.56. The Labute approximate surface area is 115 Å². The van der Waals surface area contributed by atoms with Gasteiger partial charge >= 0.3 is 0 Å². The lowest BCUT2D eigenvalue weighted by Gasteiger charge is -2.09. The molecule has 1 aromatic carbocycles. The van der Waals surface area contributed by atoms with Crippen LogP contribution in [-0.4, -0.2) is 25.0 Å². The average molecular weight is 269 g/mol. The molecule has 18 heavy (non-hydrogen) atoms. The molecule has 0 radical (unpaired) electrons. The summed E-state index contributed by atoms with van der Waals surface area (Å²) in [6.45, 7) is 3.39. The van der Waals surface area contributed by atoms with E-state index in [0.29, 0.717) is 6.61 Å². The predicted octanol–water partition coefficient (Wildman–Crippen LogP) is 2.89. The number of ether oxygens (including phenoxy) is 2. The van der Waals surface area contributed by atoms with Crippen molar-refractivity contribution in [1.82, 2.24) is 0 Å². The summed E-state index contributed by atoms with van der Waals surface area (Å²) in [4.78, 5) is 0. The van der Waals surface area contributed by atoms with Gasteiger partial charge in [-0.3, -0.25) is 0 Å². The zero-order valence-corrected chi connectivity index (χ0v) is 11.9. The smallest absolute Gasteiger partial charge is 0.119 e. The minimum Gasteiger partial charge on any atom is -0.494 e. The molecule has 0 bridgehead atoms. The molecule has 0 spiro atoms. The van der Waals surface area contributed by atoms with Gasteiger partial charge in [-0.15, -0.1) is 0 Å². The summed E-state index contributed by atoms with van der Waals surface area (Å²) >= 11 is 4.16. The summed E-state index contributed by atoms with van der Waals surface area (Å²) in [5.41, 5.74) is 5.78. The number of rotatable bonds is 9. The topological polar surface area (TPSA) is 44.5 Å². The zero-order chi connectivity index (χ0) is 13.2. The first-order valence-corrected chi connectivity index (χ1v) is 7.11. The summed E-state index contributed by atoms with van der Waals surface area (Å²) < 4.78 is 11.0. The van der Waals surface area contributed by atoms with E-state index in [4.69, 9.17) is 15.2 Å². The van der Waals surface area contributed by atoms with E-state index in [1.807, 2.05) is 31.2 Å². The van der Waals surface area contributed by atoms with Crippen molar-refractivity contribution in [3.05, 3.63) is 24.3 Å². The first kappa shape index (κ1) is 15.2. The zero-order valence-electron chi connectivity index (χ0n) is 11.0. The molecule has 0 fully saturated rings. The normalized spacial score (nSPS) is 12.2. The minimum atomic E-state index is 0.207. The molecule has 1 unspecified atom stereocenters. The van der Waals surface area contributed by atoms with Crippen LogP contribution >= 0.6 is 12.6 Å². The third-order valence-corrected chi connectivity index (χ3v) is 3.08. The van der Waals surface area contributed by atoms with Crippen LogP contribution in [0.1, 0.15) is 26.2 Å². The molecule has 1 rings (SSSR count). The second kappa shape index (κ2) is 9.11. The Kier molecular flexibility index (Phi) is 7.69. The van der Waals surface area contributed by atoms with E-state index in [-0.39, 0.29) is 6.04 Å². The molecule has 0 aromatic heterocycles. The number of hydrogen-bond donors (Lipinski definition) is 2. The van der Waals surface area contributed by atoms with Crippen LogP contribution in [0, 0.1) is 0 Å². The van der Waals surface area contributed by atoms with Crippen molar-refractivity contribution < 1.29 is 9.47 Å². The molecule has 1 aromatic rings. The van der Waals surface area contributed by atoms with Crippen LogP contribution in [0.2, 0.25) is 0 Å². The Balaban J connectivity index is 2.15. The highest BCUT2D eigenvalue weighted by molar-refractivity contribution is 7.80. The molecule has 0 aliphatic heterocycles. The Morgan fingerprint density at radius 1 is 1.11 bits per heavy atom. The quantitative estimate of drug-likeness (QED) is 0.535. The summed E-state index contributed by atoms with van der Waals surface area (Å²) in [7, 11) is 0. The van der Waals surface area contributed by atoms with Gasteiger partial charge in [0.15, 0.2) is 0 Å². The van der Waals surface area contributed by atoms with Gasteiger partial charge in [0, 0.05) is 11.8 Å². The Bertz CT molecular complexity index is 316. The molecule has 1 atom stereocenters. The third-order valence-electron chi connectivity index (χ3n) is 2.61. The highest BCUT2D eigenvalue weighted by Crippen LogP contribution is 2.17. The third kappa shape index (κ3) is 6.17. The van der Waals surface area contributed by atoms with Gasteiger partial charge in [-0.2, -0.15) is 12.6 Å². The monoisotopic (exact) mass is 269 g/mol. The summed E-state index contributed by atoms with van der Waals surface area (Å²) in [6.07, 6.45) is 3.11. The molecule has 0 aliphatic carbocycles. The maximum atomic E-state index is 5.78. The minimum absolute atomic E-state index is 0.207. The number of hydrogen-bond acceptors (Lipinski definition) is 4. The fraction of sp³-hybridized carbons (Fsp3) is 0.571. The van der Waals surface area contributed by atoms with Gasteiger partial charge in [0.2, 0.25) is 0 Å². The van der Waals surface area contributed by atoms with Crippen molar-refractivity contribution in [2.75, 3.05) is 19.0 Å². The molecule has 4 heteroatoms. The molecule has 102 valence electrons. The lowest BCUT2D eigenvalue weighted by atomic mass is 10.1. The van der Waals surface area contributed by atoms with E-state index in [0.717, 1.165) is 43.1 Å². The van der Waals surface area contributed by atoms with Crippen LogP contribution in [0.4, 0.5) is 0 Å². The lowest BCUT2D eigenvalue weighted by molar-refractivity contribution is 0.302. The molecule has 3 nitrogen and oxygen atoms in total. The van der Waals surface area contributed by atoms with E-state index >= 15 is 0 Å². The lowest BCUT2D eigenvalue weighted by Crippen LogP contribution is -2.21. The first-order valence-electron chi connectivity index (χ1n) is 6.48. The van der Waals surface area contributed by atoms with E-state index in [1.165, 1.54) is 0 Å². The Morgan fingerprint density at radius 2 is 1.72 bits per heavy atom. The van der Waals surface area contributed by atoms with Crippen LogP contribution in [-0.2, 0) is 0 Å². The molecule has 0 amide bonds. The molecular formula is C14H23NO2S. The van der Waals surface area contributed by atoms with Gasteiger partial charge in [0.1, 0.15) is 11.5 Å². The molecular weight excluding hydrogens is 246 g/mol. The van der Waals surface area contributed by atoms with E-state index < -0.39 is 0 Å². The number of thiol groups is 1.